The first-order valence-electron chi connectivity index (χ1n) is 4.75. The molecular formula is C11H12Br2F2S. The molecule has 1 aromatic rings. The van der Waals surface area contributed by atoms with Crippen LogP contribution in [-0.2, 0) is 9.65 Å². The minimum Gasteiger partial charge on any atom is -0.191 e. The molecule has 0 nitrogen and oxygen atoms in total. The van der Waals surface area contributed by atoms with Gasteiger partial charge < -0.3 is 0 Å². The van der Waals surface area contributed by atoms with E-state index in [1.165, 1.54) is 6.26 Å². The molecule has 0 saturated carbocycles. The maximum Gasteiger partial charge on any atom is 0.322 e. The predicted molar refractivity (Wildman–Crippen MR) is 73.8 cm³/mol. The highest BCUT2D eigenvalue weighted by Crippen LogP contribution is 2.54. The average molecular weight is 374 g/mol. The zero-order valence-corrected chi connectivity index (χ0v) is 12.9. The van der Waals surface area contributed by atoms with Gasteiger partial charge in [0.2, 0.25) is 0 Å². The van der Waals surface area contributed by atoms with E-state index in [0.717, 1.165) is 12.0 Å². The van der Waals surface area contributed by atoms with Crippen molar-refractivity contribution >= 4 is 43.6 Å². The Morgan fingerprint density at radius 1 is 1.19 bits per heavy atom. The van der Waals surface area contributed by atoms with Gasteiger partial charge in [0.05, 0.1) is 0 Å². The molecule has 0 atom stereocenters. The van der Waals surface area contributed by atoms with Gasteiger partial charge in [-0.15, -0.1) is 0 Å². The summed E-state index contributed by atoms with van der Waals surface area (Å²) in [6, 6.07) is 7.16. The second-order valence-corrected chi connectivity index (χ2v) is 7.71. The van der Waals surface area contributed by atoms with E-state index in [4.69, 9.17) is 0 Å². The Bertz CT molecular complexity index is 350. The summed E-state index contributed by atoms with van der Waals surface area (Å²) in [5.74, 6) is 0. The lowest BCUT2D eigenvalue weighted by Crippen LogP contribution is -2.31. The van der Waals surface area contributed by atoms with Crippen molar-refractivity contribution < 1.29 is 8.78 Å². The molecule has 0 amide bonds. The molecule has 0 radical (unpaired) electrons. The second kappa shape index (κ2) is 5.36. The first-order chi connectivity index (χ1) is 7.35. The Morgan fingerprint density at radius 3 is 2.06 bits per heavy atom. The lowest BCUT2D eigenvalue weighted by atomic mass is 10.1. The number of benzene rings is 1. The smallest absolute Gasteiger partial charge is 0.191 e. The van der Waals surface area contributed by atoms with Gasteiger partial charge in [-0.25, -0.2) is 0 Å². The van der Waals surface area contributed by atoms with Crippen molar-refractivity contribution in [3.63, 3.8) is 0 Å². The molecule has 5 heteroatoms. The molecule has 0 aromatic heterocycles. The van der Waals surface area contributed by atoms with Crippen LogP contribution in [0.1, 0.15) is 18.1 Å². The van der Waals surface area contributed by atoms with Gasteiger partial charge in [-0.2, -0.15) is 8.78 Å². The van der Waals surface area contributed by atoms with Crippen molar-refractivity contribution in [1.82, 2.24) is 0 Å². The third-order valence-corrected chi connectivity index (χ3v) is 5.60. The van der Waals surface area contributed by atoms with Gasteiger partial charge in [0.1, 0.15) is 0 Å². The summed E-state index contributed by atoms with van der Waals surface area (Å²) in [6.45, 7) is 2.03. The van der Waals surface area contributed by atoms with Gasteiger partial charge in [0.15, 0.2) is 3.23 Å². The van der Waals surface area contributed by atoms with Gasteiger partial charge in [0.25, 0.3) is 0 Å². The van der Waals surface area contributed by atoms with Crippen LogP contribution < -0.4 is 0 Å². The highest BCUT2D eigenvalue weighted by molar-refractivity contribution is 9.25. The monoisotopic (exact) mass is 372 g/mol. The van der Waals surface area contributed by atoms with Crippen molar-refractivity contribution in [1.29, 1.82) is 0 Å². The predicted octanol–water partition coefficient (Wildman–Crippen LogP) is 5.15. The zero-order valence-electron chi connectivity index (χ0n) is 8.94. The molecule has 1 rings (SSSR count). The van der Waals surface area contributed by atoms with Gasteiger partial charge in [-0.05, 0) is 23.8 Å². The molecule has 0 spiro atoms. The van der Waals surface area contributed by atoms with Crippen LogP contribution >= 0.6 is 43.6 Å². The fraction of sp³-hybridized carbons (Fsp3) is 0.455. The Kier molecular flexibility index (Phi) is 4.84. The molecule has 0 aliphatic carbocycles. The molecular weight excluding hydrogens is 362 g/mol. The highest BCUT2D eigenvalue weighted by Gasteiger charge is 2.51. The first-order valence-corrected chi connectivity index (χ1v) is 7.56. The molecule has 0 heterocycles. The van der Waals surface area contributed by atoms with Crippen LogP contribution in [0, 0.1) is 0 Å². The van der Waals surface area contributed by atoms with Crippen molar-refractivity contribution in [2.24, 2.45) is 0 Å². The van der Waals surface area contributed by atoms with Crippen molar-refractivity contribution in [3.8, 4) is 0 Å². The normalized spacial score (nSPS) is 12.9. The Balaban J connectivity index is 3.07. The third-order valence-electron chi connectivity index (χ3n) is 2.35. The van der Waals surface area contributed by atoms with Crippen LogP contribution in [0.4, 0.5) is 8.78 Å². The van der Waals surface area contributed by atoms with E-state index in [9.17, 15) is 8.78 Å². The summed E-state index contributed by atoms with van der Waals surface area (Å²) in [7, 11) is 0. The van der Waals surface area contributed by atoms with Gasteiger partial charge in [-0.1, -0.05) is 74.8 Å². The van der Waals surface area contributed by atoms with E-state index in [2.05, 4.69) is 31.9 Å². The minimum absolute atomic E-state index is 0.512. The molecule has 0 aliphatic heterocycles. The third kappa shape index (κ3) is 2.79. The molecule has 0 fully saturated rings. The molecule has 0 N–H and O–H groups in total. The summed E-state index contributed by atoms with van der Waals surface area (Å²) < 4.78 is 25.8. The van der Waals surface area contributed by atoms with Gasteiger partial charge >= 0.3 is 5.25 Å². The highest BCUT2D eigenvalue weighted by atomic mass is 79.9. The number of hydrogen-bond donors (Lipinski definition) is 0. The molecule has 0 bridgehead atoms. The lowest BCUT2D eigenvalue weighted by molar-refractivity contribution is 0.0962. The lowest BCUT2D eigenvalue weighted by Gasteiger charge is -2.29. The minimum atomic E-state index is -2.92. The SMILES string of the molecule is CCc1ccc(C(Br)(Br)C(F)(F)SC)cc1. The van der Waals surface area contributed by atoms with Crippen LogP contribution in [0.15, 0.2) is 24.3 Å². The topological polar surface area (TPSA) is 0 Å². The molecule has 0 aliphatic rings. The van der Waals surface area contributed by atoms with Crippen molar-refractivity contribution in [3.05, 3.63) is 35.4 Å². The second-order valence-electron chi connectivity index (χ2n) is 3.35. The van der Waals surface area contributed by atoms with Crippen molar-refractivity contribution in [2.75, 3.05) is 6.26 Å². The Labute approximate surface area is 115 Å². The molecule has 0 saturated heterocycles. The number of alkyl halides is 4. The van der Waals surface area contributed by atoms with E-state index in [1.54, 1.807) is 12.1 Å². The van der Waals surface area contributed by atoms with E-state index < -0.39 is 8.49 Å². The molecule has 0 unspecified atom stereocenters. The summed E-state index contributed by atoms with van der Waals surface area (Å²) >= 11 is 6.64. The van der Waals surface area contributed by atoms with E-state index >= 15 is 0 Å². The zero-order chi connectivity index (χ0) is 12.4. The molecule has 16 heavy (non-hydrogen) atoms. The van der Waals surface area contributed by atoms with Gasteiger partial charge in [0, 0.05) is 0 Å². The number of aryl methyl sites for hydroxylation is 1. The summed E-state index contributed by atoms with van der Waals surface area (Å²) in [6.07, 6.45) is 2.29. The molecule has 1 aromatic carbocycles. The first kappa shape index (κ1) is 14.5. The largest absolute Gasteiger partial charge is 0.322 e. The summed E-state index contributed by atoms with van der Waals surface area (Å²) in [5, 5.41) is -2.92. The van der Waals surface area contributed by atoms with E-state index in [1.807, 2.05) is 19.1 Å². The fourth-order valence-corrected chi connectivity index (χ4v) is 3.12. The maximum absolute atomic E-state index is 13.7. The number of hydrogen-bond acceptors (Lipinski definition) is 1. The number of halogens is 4. The standard InChI is InChI=1S/C11H12Br2F2S/c1-3-8-4-6-9(7-5-8)10(12,13)11(14,15)16-2/h4-7H,3H2,1-2H3. The maximum atomic E-state index is 13.7. The van der Waals surface area contributed by atoms with Crippen LogP contribution in [0.5, 0.6) is 0 Å². The number of thioether (sulfide) groups is 1. The Morgan fingerprint density at radius 2 is 1.69 bits per heavy atom. The van der Waals surface area contributed by atoms with Crippen LogP contribution in [0.2, 0.25) is 0 Å². The average Bonchev–Trinajstić information content (AvgIpc) is 2.29. The van der Waals surface area contributed by atoms with Crippen LogP contribution in [-0.4, -0.2) is 11.5 Å². The van der Waals surface area contributed by atoms with E-state index in [-0.39, 0.29) is 0 Å². The fourth-order valence-electron chi connectivity index (χ4n) is 1.25. The molecule has 90 valence electrons. The number of rotatable bonds is 4. The van der Waals surface area contributed by atoms with Crippen LogP contribution in [0.25, 0.3) is 0 Å². The summed E-state index contributed by atoms with van der Waals surface area (Å²) in [4.78, 5) is 0. The quantitative estimate of drug-likeness (QED) is 0.658. The van der Waals surface area contributed by atoms with Crippen molar-refractivity contribution in [2.45, 2.75) is 21.8 Å². The Hall–Kier alpha value is 0.390. The summed E-state index contributed by atoms with van der Waals surface area (Å²) in [5.41, 5.74) is 1.65. The van der Waals surface area contributed by atoms with Gasteiger partial charge in [-0.3, -0.25) is 0 Å². The van der Waals surface area contributed by atoms with E-state index in [0.29, 0.717) is 17.3 Å². The van der Waals surface area contributed by atoms with Crippen LogP contribution in [0.3, 0.4) is 0 Å².